The van der Waals surface area contributed by atoms with E-state index in [-0.39, 0.29) is 5.41 Å². The fourth-order valence-corrected chi connectivity index (χ4v) is 4.78. The topological polar surface area (TPSA) is 0 Å². The fourth-order valence-electron chi connectivity index (χ4n) is 4.78. The Bertz CT molecular complexity index is 521. The van der Waals surface area contributed by atoms with Gasteiger partial charge in [0.25, 0.3) is 0 Å². The third kappa shape index (κ3) is 2.85. The number of rotatable bonds is 3. The van der Waals surface area contributed by atoms with E-state index in [1.165, 1.54) is 44.2 Å². The Morgan fingerprint density at radius 2 is 1.64 bits per heavy atom. The molecule has 0 nitrogen and oxygen atoms in total. The maximum Gasteiger partial charge on any atom is 0.159 e. The number of allylic oxidation sites excluding steroid dienone is 1. The molecule has 0 amide bonds. The summed E-state index contributed by atoms with van der Waals surface area (Å²) in [5.41, 5.74) is 1.08. The second-order valence-corrected chi connectivity index (χ2v) is 7.19. The van der Waals surface area contributed by atoms with Gasteiger partial charge >= 0.3 is 0 Å². The number of benzene rings is 1. The molecule has 0 bridgehead atoms. The second-order valence-electron chi connectivity index (χ2n) is 7.19. The number of hydrogen-bond acceptors (Lipinski definition) is 0. The molecular formula is C20H26F2. The SMILES string of the molecule is C=CC1CCC(c2ccc(F)c(F)c2)(C2CCCCC2)CC1. The molecular weight excluding hydrogens is 278 g/mol. The van der Waals surface area contributed by atoms with Gasteiger partial charge in [0.05, 0.1) is 0 Å². The highest BCUT2D eigenvalue weighted by molar-refractivity contribution is 5.29. The van der Waals surface area contributed by atoms with Gasteiger partial charge in [-0.3, -0.25) is 0 Å². The molecule has 120 valence electrons. The van der Waals surface area contributed by atoms with Crippen LogP contribution in [0, 0.1) is 23.5 Å². The van der Waals surface area contributed by atoms with Gasteiger partial charge in [-0.25, -0.2) is 8.78 Å². The van der Waals surface area contributed by atoms with Gasteiger partial charge in [0, 0.05) is 0 Å². The van der Waals surface area contributed by atoms with Crippen molar-refractivity contribution < 1.29 is 8.78 Å². The summed E-state index contributed by atoms with van der Waals surface area (Å²) in [6.07, 6.45) is 12.8. The zero-order valence-electron chi connectivity index (χ0n) is 13.3. The average Bonchev–Trinajstić information content (AvgIpc) is 2.58. The van der Waals surface area contributed by atoms with Crippen molar-refractivity contribution in [2.24, 2.45) is 11.8 Å². The summed E-state index contributed by atoms with van der Waals surface area (Å²) in [5.74, 6) is -0.222. The van der Waals surface area contributed by atoms with Crippen LogP contribution in [-0.2, 0) is 5.41 Å². The minimum atomic E-state index is -0.734. The van der Waals surface area contributed by atoms with E-state index < -0.39 is 11.6 Å². The Hall–Kier alpha value is -1.18. The minimum absolute atomic E-state index is 0.0501. The molecule has 2 fully saturated rings. The van der Waals surface area contributed by atoms with Crippen LogP contribution in [0.1, 0.15) is 63.4 Å². The molecule has 1 aromatic carbocycles. The van der Waals surface area contributed by atoms with Crippen LogP contribution in [0.3, 0.4) is 0 Å². The zero-order chi connectivity index (χ0) is 15.6. The Labute approximate surface area is 132 Å². The van der Waals surface area contributed by atoms with Crippen molar-refractivity contribution in [3.63, 3.8) is 0 Å². The number of halogens is 2. The van der Waals surface area contributed by atoms with Crippen LogP contribution in [0.15, 0.2) is 30.9 Å². The minimum Gasteiger partial charge on any atom is -0.204 e. The highest BCUT2D eigenvalue weighted by Gasteiger charge is 2.43. The highest BCUT2D eigenvalue weighted by Crippen LogP contribution is 2.51. The van der Waals surface area contributed by atoms with Gasteiger partial charge in [-0.05, 0) is 73.5 Å². The van der Waals surface area contributed by atoms with Crippen molar-refractivity contribution in [2.45, 2.75) is 63.2 Å². The van der Waals surface area contributed by atoms with E-state index in [2.05, 4.69) is 12.7 Å². The van der Waals surface area contributed by atoms with E-state index in [0.29, 0.717) is 11.8 Å². The van der Waals surface area contributed by atoms with Gasteiger partial charge in [0.1, 0.15) is 0 Å². The van der Waals surface area contributed by atoms with E-state index in [1.807, 2.05) is 6.07 Å². The summed E-state index contributed by atoms with van der Waals surface area (Å²) < 4.78 is 27.2. The summed E-state index contributed by atoms with van der Waals surface area (Å²) in [6, 6.07) is 4.62. The van der Waals surface area contributed by atoms with Crippen LogP contribution < -0.4 is 0 Å². The molecule has 22 heavy (non-hydrogen) atoms. The zero-order valence-corrected chi connectivity index (χ0v) is 13.3. The Kier molecular flexibility index (Phi) is 4.65. The maximum atomic E-state index is 13.8. The lowest BCUT2D eigenvalue weighted by Gasteiger charge is -2.47. The normalized spacial score (nSPS) is 30.2. The van der Waals surface area contributed by atoms with Crippen molar-refractivity contribution in [1.82, 2.24) is 0 Å². The summed E-state index contributed by atoms with van der Waals surface area (Å²) >= 11 is 0. The van der Waals surface area contributed by atoms with Gasteiger partial charge in [-0.15, -0.1) is 6.58 Å². The van der Waals surface area contributed by atoms with Crippen molar-refractivity contribution in [3.8, 4) is 0 Å². The van der Waals surface area contributed by atoms with Gasteiger partial charge < -0.3 is 0 Å². The molecule has 2 heteroatoms. The highest BCUT2D eigenvalue weighted by atomic mass is 19.2. The van der Waals surface area contributed by atoms with Crippen LogP contribution in [0.5, 0.6) is 0 Å². The largest absolute Gasteiger partial charge is 0.204 e. The molecule has 0 aromatic heterocycles. The van der Waals surface area contributed by atoms with Crippen LogP contribution in [-0.4, -0.2) is 0 Å². The van der Waals surface area contributed by atoms with E-state index in [9.17, 15) is 8.78 Å². The molecule has 2 aliphatic carbocycles. The van der Waals surface area contributed by atoms with E-state index >= 15 is 0 Å². The predicted molar refractivity (Wildman–Crippen MR) is 86.8 cm³/mol. The standard InChI is InChI=1S/C20H26F2/c1-2-15-10-12-20(13-11-15,16-6-4-3-5-7-16)17-8-9-18(21)19(22)14-17/h2,8-9,14-16H,1,3-7,10-13H2. The molecule has 0 spiro atoms. The quantitative estimate of drug-likeness (QED) is 0.587. The lowest BCUT2D eigenvalue weighted by atomic mass is 9.57. The summed E-state index contributed by atoms with van der Waals surface area (Å²) in [6.45, 7) is 3.93. The van der Waals surface area contributed by atoms with Crippen LogP contribution in [0.2, 0.25) is 0 Å². The maximum absolute atomic E-state index is 13.8. The molecule has 0 aliphatic heterocycles. The van der Waals surface area contributed by atoms with Crippen molar-refractivity contribution in [2.75, 3.05) is 0 Å². The summed E-state index contributed by atoms with van der Waals surface area (Å²) in [4.78, 5) is 0. The van der Waals surface area contributed by atoms with E-state index in [4.69, 9.17) is 0 Å². The van der Waals surface area contributed by atoms with Gasteiger partial charge in [0.2, 0.25) is 0 Å². The average molecular weight is 304 g/mol. The fraction of sp³-hybridized carbons (Fsp3) is 0.600. The van der Waals surface area contributed by atoms with E-state index in [0.717, 1.165) is 31.2 Å². The monoisotopic (exact) mass is 304 g/mol. The van der Waals surface area contributed by atoms with Crippen LogP contribution >= 0.6 is 0 Å². The van der Waals surface area contributed by atoms with Crippen molar-refractivity contribution in [1.29, 1.82) is 0 Å². The molecule has 2 aliphatic rings. The Balaban J connectivity index is 1.95. The van der Waals surface area contributed by atoms with E-state index in [1.54, 1.807) is 0 Å². The third-order valence-electron chi connectivity index (χ3n) is 6.14. The molecule has 0 atom stereocenters. The van der Waals surface area contributed by atoms with Gasteiger partial charge in [-0.2, -0.15) is 0 Å². The predicted octanol–water partition coefficient (Wildman–Crippen LogP) is 6.16. The molecule has 0 unspecified atom stereocenters. The van der Waals surface area contributed by atoms with Gasteiger partial charge in [-0.1, -0.05) is 31.4 Å². The first-order valence-electron chi connectivity index (χ1n) is 8.74. The smallest absolute Gasteiger partial charge is 0.159 e. The number of hydrogen-bond donors (Lipinski definition) is 0. The summed E-state index contributed by atoms with van der Waals surface area (Å²) in [5, 5.41) is 0. The summed E-state index contributed by atoms with van der Waals surface area (Å²) in [7, 11) is 0. The van der Waals surface area contributed by atoms with Crippen molar-refractivity contribution in [3.05, 3.63) is 48.1 Å². The molecule has 0 N–H and O–H groups in total. The van der Waals surface area contributed by atoms with Crippen LogP contribution in [0.4, 0.5) is 8.78 Å². The van der Waals surface area contributed by atoms with Gasteiger partial charge in [0.15, 0.2) is 11.6 Å². The molecule has 0 saturated heterocycles. The van der Waals surface area contributed by atoms with Crippen molar-refractivity contribution >= 4 is 0 Å². The second kappa shape index (κ2) is 6.52. The third-order valence-corrected chi connectivity index (χ3v) is 6.14. The first-order valence-corrected chi connectivity index (χ1v) is 8.74. The molecule has 2 saturated carbocycles. The van der Waals surface area contributed by atoms with Crippen LogP contribution in [0.25, 0.3) is 0 Å². The molecule has 0 heterocycles. The lowest BCUT2D eigenvalue weighted by molar-refractivity contribution is 0.133. The lowest BCUT2D eigenvalue weighted by Crippen LogP contribution is -2.40. The Morgan fingerprint density at radius 3 is 2.23 bits per heavy atom. The first-order chi connectivity index (χ1) is 10.7. The Morgan fingerprint density at radius 1 is 0.955 bits per heavy atom. The first kappa shape index (κ1) is 15.7. The molecule has 3 rings (SSSR count). The molecule has 0 radical (unpaired) electrons. The molecule has 1 aromatic rings.